The minimum Gasteiger partial charge on any atom is -0.212 e. The van der Waals surface area contributed by atoms with Crippen LogP contribution < -0.4 is 0 Å². The van der Waals surface area contributed by atoms with E-state index in [1.165, 1.54) is 4.31 Å². The standard InChI is InChI=1S/C10H22ClNO2S/c1-9(2)8-10(3)12(4)15(13,14)7-5-6-11/h9-10H,5-8H2,1-4H3. The minimum atomic E-state index is -3.12. The van der Waals surface area contributed by atoms with E-state index in [1.807, 2.05) is 6.92 Å². The first-order valence-corrected chi connectivity index (χ1v) is 7.47. The topological polar surface area (TPSA) is 37.4 Å². The van der Waals surface area contributed by atoms with Gasteiger partial charge < -0.3 is 0 Å². The molecule has 0 aliphatic carbocycles. The van der Waals surface area contributed by atoms with Crippen molar-refractivity contribution in [2.75, 3.05) is 18.7 Å². The minimum absolute atomic E-state index is 0.0605. The van der Waals surface area contributed by atoms with Gasteiger partial charge in [-0.25, -0.2) is 12.7 Å². The maximum absolute atomic E-state index is 11.8. The SMILES string of the molecule is CC(C)CC(C)N(C)S(=O)(=O)CCCCl. The van der Waals surface area contributed by atoms with Crippen LogP contribution in [0.1, 0.15) is 33.6 Å². The molecular weight excluding hydrogens is 234 g/mol. The van der Waals surface area contributed by atoms with E-state index in [4.69, 9.17) is 11.6 Å². The zero-order chi connectivity index (χ0) is 12.1. The fourth-order valence-corrected chi connectivity index (χ4v) is 3.21. The van der Waals surface area contributed by atoms with Crippen LogP contribution in [0.2, 0.25) is 0 Å². The lowest BCUT2D eigenvalue weighted by atomic mass is 10.1. The lowest BCUT2D eigenvalue weighted by Gasteiger charge is -2.25. The largest absolute Gasteiger partial charge is 0.214 e. The molecule has 0 aliphatic heterocycles. The van der Waals surface area contributed by atoms with Crippen molar-refractivity contribution in [1.29, 1.82) is 0 Å². The summed E-state index contributed by atoms with van der Waals surface area (Å²) in [7, 11) is -1.47. The molecule has 5 heteroatoms. The van der Waals surface area contributed by atoms with Crippen LogP contribution in [0.4, 0.5) is 0 Å². The van der Waals surface area contributed by atoms with Crippen molar-refractivity contribution in [2.24, 2.45) is 5.92 Å². The van der Waals surface area contributed by atoms with E-state index >= 15 is 0 Å². The summed E-state index contributed by atoms with van der Waals surface area (Å²) in [5.41, 5.74) is 0. The highest BCUT2D eigenvalue weighted by Gasteiger charge is 2.22. The summed E-state index contributed by atoms with van der Waals surface area (Å²) >= 11 is 5.49. The number of rotatable bonds is 7. The van der Waals surface area contributed by atoms with Crippen LogP contribution in [-0.4, -0.2) is 37.4 Å². The molecule has 0 saturated heterocycles. The lowest BCUT2D eigenvalue weighted by Crippen LogP contribution is -2.37. The smallest absolute Gasteiger partial charge is 0.212 e. The number of hydrogen-bond donors (Lipinski definition) is 0. The summed E-state index contributed by atoms with van der Waals surface area (Å²) in [6, 6.07) is 0.0605. The quantitative estimate of drug-likeness (QED) is 0.655. The van der Waals surface area contributed by atoms with Crippen molar-refractivity contribution < 1.29 is 8.42 Å². The van der Waals surface area contributed by atoms with Crippen molar-refractivity contribution in [3.05, 3.63) is 0 Å². The molecule has 0 bridgehead atoms. The number of sulfonamides is 1. The Morgan fingerprint density at radius 3 is 2.20 bits per heavy atom. The van der Waals surface area contributed by atoms with Crippen LogP contribution in [0.3, 0.4) is 0 Å². The molecule has 1 atom stereocenters. The normalized spacial score (nSPS) is 14.9. The molecule has 0 saturated carbocycles. The molecule has 0 spiro atoms. The van der Waals surface area contributed by atoms with Gasteiger partial charge in [0, 0.05) is 19.0 Å². The molecule has 0 aromatic heterocycles. The van der Waals surface area contributed by atoms with Crippen molar-refractivity contribution in [3.63, 3.8) is 0 Å². The van der Waals surface area contributed by atoms with Crippen LogP contribution in [-0.2, 0) is 10.0 Å². The second-order valence-electron chi connectivity index (χ2n) is 4.35. The first-order chi connectivity index (χ1) is 6.81. The molecule has 0 radical (unpaired) electrons. The number of hydrogen-bond acceptors (Lipinski definition) is 2. The fourth-order valence-electron chi connectivity index (χ4n) is 1.49. The van der Waals surface area contributed by atoms with Crippen molar-refractivity contribution >= 4 is 21.6 Å². The molecule has 0 amide bonds. The van der Waals surface area contributed by atoms with Gasteiger partial charge in [0.05, 0.1) is 5.75 Å². The summed E-state index contributed by atoms with van der Waals surface area (Å²) in [5, 5.41) is 0. The van der Waals surface area contributed by atoms with Gasteiger partial charge in [-0.1, -0.05) is 13.8 Å². The number of nitrogens with zero attached hydrogens (tertiary/aromatic N) is 1. The van der Waals surface area contributed by atoms with E-state index in [0.29, 0.717) is 18.2 Å². The van der Waals surface area contributed by atoms with Gasteiger partial charge in [0.2, 0.25) is 10.0 Å². The van der Waals surface area contributed by atoms with Crippen LogP contribution in [0.5, 0.6) is 0 Å². The van der Waals surface area contributed by atoms with E-state index in [-0.39, 0.29) is 11.8 Å². The van der Waals surface area contributed by atoms with Crippen molar-refractivity contribution in [2.45, 2.75) is 39.7 Å². The highest BCUT2D eigenvalue weighted by Crippen LogP contribution is 2.13. The molecule has 0 fully saturated rings. The van der Waals surface area contributed by atoms with Gasteiger partial charge in [0.1, 0.15) is 0 Å². The summed E-state index contributed by atoms with van der Waals surface area (Å²) in [6.45, 7) is 6.13. The molecule has 3 nitrogen and oxygen atoms in total. The van der Waals surface area contributed by atoms with Crippen LogP contribution >= 0.6 is 11.6 Å². The molecular formula is C10H22ClNO2S. The molecule has 1 unspecified atom stereocenters. The summed E-state index contributed by atoms with van der Waals surface area (Å²) in [4.78, 5) is 0. The molecule has 0 heterocycles. The zero-order valence-electron chi connectivity index (χ0n) is 10.0. The van der Waals surface area contributed by atoms with Gasteiger partial charge in [-0.15, -0.1) is 11.6 Å². The van der Waals surface area contributed by atoms with Gasteiger partial charge in [0.25, 0.3) is 0 Å². The molecule has 0 aromatic rings. The lowest BCUT2D eigenvalue weighted by molar-refractivity contribution is 0.337. The third-order valence-corrected chi connectivity index (χ3v) is 4.72. The predicted octanol–water partition coefficient (Wildman–Crippen LogP) is 2.31. The van der Waals surface area contributed by atoms with Crippen LogP contribution in [0, 0.1) is 5.92 Å². The average Bonchev–Trinajstić information content (AvgIpc) is 2.12. The third kappa shape index (κ3) is 5.73. The van der Waals surface area contributed by atoms with Gasteiger partial charge in [-0.05, 0) is 25.7 Å². The van der Waals surface area contributed by atoms with E-state index in [9.17, 15) is 8.42 Å². The zero-order valence-corrected chi connectivity index (χ0v) is 11.6. The summed E-state index contributed by atoms with van der Waals surface area (Å²) in [6.07, 6.45) is 1.40. The van der Waals surface area contributed by atoms with Crippen molar-refractivity contribution in [1.82, 2.24) is 4.31 Å². The van der Waals surface area contributed by atoms with Crippen LogP contribution in [0.25, 0.3) is 0 Å². The Balaban J connectivity index is 4.34. The Hall–Kier alpha value is 0.200. The Kier molecular flexibility index (Phi) is 6.80. The summed E-state index contributed by atoms with van der Waals surface area (Å²) in [5.74, 6) is 1.05. The summed E-state index contributed by atoms with van der Waals surface area (Å²) < 4.78 is 25.0. The van der Waals surface area contributed by atoms with Crippen molar-refractivity contribution in [3.8, 4) is 0 Å². The number of alkyl halides is 1. The van der Waals surface area contributed by atoms with E-state index in [2.05, 4.69) is 13.8 Å². The Bertz CT molecular complexity index is 265. The third-order valence-electron chi connectivity index (χ3n) is 2.41. The maximum Gasteiger partial charge on any atom is 0.214 e. The highest BCUT2D eigenvalue weighted by atomic mass is 35.5. The Morgan fingerprint density at radius 2 is 1.80 bits per heavy atom. The molecule has 0 aromatic carbocycles. The first kappa shape index (κ1) is 15.2. The van der Waals surface area contributed by atoms with Crippen LogP contribution in [0.15, 0.2) is 0 Å². The maximum atomic E-state index is 11.8. The fraction of sp³-hybridized carbons (Fsp3) is 1.00. The Morgan fingerprint density at radius 1 is 1.27 bits per heavy atom. The molecule has 0 aliphatic rings. The predicted molar refractivity (Wildman–Crippen MR) is 65.8 cm³/mol. The second-order valence-corrected chi connectivity index (χ2v) is 6.88. The van der Waals surface area contributed by atoms with Gasteiger partial charge in [-0.3, -0.25) is 0 Å². The monoisotopic (exact) mass is 255 g/mol. The van der Waals surface area contributed by atoms with E-state index in [0.717, 1.165) is 6.42 Å². The Labute approximate surface area is 98.8 Å². The molecule has 0 rings (SSSR count). The number of halogens is 1. The van der Waals surface area contributed by atoms with E-state index in [1.54, 1.807) is 7.05 Å². The van der Waals surface area contributed by atoms with Gasteiger partial charge in [0.15, 0.2) is 0 Å². The van der Waals surface area contributed by atoms with Gasteiger partial charge >= 0.3 is 0 Å². The highest BCUT2D eigenvalue weighted by molar-refractivity contribution is 7.89. The molecule has 0 N–H and O–H groups in total. The first-order valence-electron chi connectivity index (χ1n) is 5.33. The van der Waals surface area contributed by atoms with E-state index < -0.39 is 10.0 Å². The molecule has 15 heavy (non-hydrogen) atoms. The second kappa shape index (κ2) is 6.71. The average molecular weight is 256 g/mol. The van der Waals surface area contributed by atoms with Gasteiger partial charge in [-0.2, -0.15) is 0 Å². The molecule has 92 valence electrons.